The van der Waals surface area contributed by atoms with Gasteiger partial charge < -0.3 is 14.8 Å². The predicted octanol–water partition coefficient (Wildman–Crippen LogP) is 4.54. The first kappa shape index (κ1) is 18.0. The van der Waals surface area contributed by atoms with E-state index in [1.807, 2.05) is 30.3 Å². The van der Waals surface area contributed by atoms with Gasteiger partial charge in [-0.25, -0.2) is 0 Å². The highest BCUT2D eigenvalue weighted by molar-refractivity contribution is 7.99. The number of hydrogen-bond acceptors (Lipinski definition) is 4. The molecule has 0 saturated carbocycles. The highest BCUT2D eigenvalue weighted by Crippen LogP contribution is 2.38. The van der Waals surface area contributed by atoms with Crippen LogP contribution in [0.25, 0.3) is 0 Å². The normalized spacial score (nSPS) is 13.0. The molecule has 0 radical (unpaired) electrons. The van der Waals surface area contributed by atoms with Crippen molar-refractivity contribution in [2.75, 3.05) is 13.2 Å². The van der Waals surface area contributed by atoms with Crippen molar-refractivity contribution >= 4 is 29.3 Å². The second-order valence-corrected chi connectivity index (χ2v) is 8.03. The summed E-state index contributed by atoms with van der Waals surface area (Å²) in [7, 11) is 0. The molecule has 0 saturated heterocycles. The van der Waals surface area contributed by atoms with Crippen LogP contribution < -0.4 is 14.8 Å². The molecule has 0 aliphatic carbocycles. The lowest BCUT2D eigenvalue weighted by molar-refractivity contribution is 0.0950. The van der Waals surface area contributed by atoms with Crippen LogP contribution in [0, 0.1) is 0 Å². The summed E-state index contributed by atoms with van der Waals surface area (Å²) in [4.78, 5) is 13.5. The van der Waals surface area contributed by atoms with Crippen molar-refractivity contribution in [2.24, 2.45) is 0 Å². The number of halogens is 1. The molecule has 1 N–H and O–H groups in total. The van der Waals surface area contributed by atoms with Gasteiger partial charge in [0.1, 0.15) is 13.2 Å². The fourth-order valence-electron chi connectivity index (χ4n) is 2.51. The Balaban J connectivity index is 1.63. The molecule has 0 spiro atoms. The molecule has 0 bridgehead atoms. The first-order chi connectivity index (χ1) is 12.0. The molecule has 0 unspecified atom stereocenters. The zero-order chi connectivity index (χ0) is 17.8. The summed E-state index contributed by atoms with van der Waals surface area (Å²) >= 11 is 7.99. The summed E-state index contributed by atoms with van der Waals surface area (Å²) in [6, 6.07) is 11.3. The molecule has 132 valence electrons. The van der Waals surface area contributed by atoms with E-state index in [1.165, 1.54) is 0 Å². The highest BCUT2D eigenvalue weighted by Gasteiger charge is 2.17. The van der Waals surface area contributed by atoms with Crippen molar-refractivity contribution in [3.05, 3.63) is 52.5 Å². The van der Waals surface area contributed by atoms with Gasteiger partial charge in [0, 0.05) is 22.3 Å². The predicted molar refractivity (Wildman–Crippen MR) is 101 cm³/mol. The first-order valence-electron chi connectivity index (χ1n) is 8.16. The minimum atomic E-state index is -0.118. The van der Waals surface area contributed by atoms with Crippen LogP contribution in [-0.2, 0) is 6.54 Å². The summed E-state index contributed by atoms with van der Waals surface area (Å²) in [5, 5.41) is 3.92. The van der Waals surface area contributed by atoms with E-state index in [2.05, 4.69) is 19.2 Å². The fraction of sp³-hybridized carbons (Fsp3) is 0.316. The van der Waals surface area contributed by atoms with Gasteiger partial charge >= 0.3 is 0 Å². The Morgan fingerprint density at radius 1 is 1.20 bits per heavy atom. The van der Waals surface area contributed by atoms with Crippen LogP contribution in [0.1, 0.15) is 29.8 Å². The van der Waals surface area contributed by atoms with Crippen molar-refractivity contribution in [3.8, 4) is 11.5 Å². The maximum atomic E-state index is 12.3. The third-order valence-electron chi connectivity index (χ3n) is 3.60. The van der Waals surface area contributed by atoms with E-state index in [9.17, 15) is 4.79 Å². The number of rotatable bonds is 5. The summed E-state index contributed by atoms with van der Waals surface area (Å²) < 4.78 is 11.1. The molecule has 6 heteroatoms. The van der Waals surface area contributed by atoms with E-state index in [-0.39, 0.29) is 5.91 Å². The minimum absolute atomic E-state index is 0.118. The standard InChI is InChI=1S/C19H20ClNO3S/c1-12(2)25-15-5-3-14(4-6-15)19(22)21-11-13-9-16(20)18-17(10-13)23-7-8-24-18/h3-6,9-10,12H,7-8,11H2,1-2H3,(H,21,22). The smallest absolute Gasteiger partial charge is 0.251 e. The Morgan fingerprint density at radius 2 is 1.92 bits per heavy atom. The van der Waals surface area contributed by atoms with Crippen LogP contribution in [0.2, 0.25) is 5.02 Å². The zero-order valence-electron chi connectivity index (χ0n) is 14.2. The molecule has 2 aromatic carbocycles. The lowest BCUT2D eigenvalue weighted by Crippen LogP contribution is -2.23. The number of amides is 1. The van der Waals surface area contributed by atoms with E-state index >= 15 is 0 Å². The van der Waals surface area contributed by atoms with Gasteiger partial charge in [0.2, 0.25) is 0 Å². The largest absolute Gasteiger partial charge is 0.486 e. The topological polar surface area (TPSA) is 47.6 Å². The van der Waals surface area contributed by atoms with Crippen LogP contribution in [0.15, 0.2) is 41.3 Å². The number of thioether (sulfide) groups is 1. The van der Waals surface area contributed by atoms with Gasteiger partial charge in [0.25, 0.3) is 5.91 Å². The van der Waals surface area contributed by atoms with Crippen molar-refractivity contribution in [3.63, 3.8) is 0 Å². The number of nitrogens with one attached hydrogen (secondary N) is 1. The monoisotopic (exact) mass is 377 g/mol. The second-order valence-electron chi connectivity index (χ2n) is 5.98. The average molecular weight is 378 g/mol. The molecule has 0 aromatic heterocycles. The third-order valence-corrected chi connectivity index (χ3v) is 4.89. The van der Waals surface area contributed by atoms with Crippen molar-refractivity contribution in [2.45, 2.75) is 30.5 Å². The van der Waals surface area contributed by atoms with Gasteiger partial charge in [-0.1, -0.05) is 25.4 Å². The third kappa shape index (κ3) is 4.61. The molecule has 25 heavy (non-hydrogen) atoms. The number of carbonyl (C=O) groups excluding carboxylic acids is 1. The Hall–Kier alpha value is -1.85. The molecule has 1 amide bonds. The number of fused-ring (bicyclic) bond motifs is 1. The Morgan fingerprint density at radius 3 is 2.64 bits per heavy atom. The van der Waals surface area contributed by atoms with Crippen molar-refractivity contribution in [1.82, 2.24) is 5.32 Å². The summed E-state index contributed by atoms with van der Waals surface area (Å²) in [6.07, 6.45) is 0. The average Bonchev–Trinajstić information content (AvgIpc) is 2.60. The molecule has 0 fully saturated rings. The van der Waals surface area contributed by atoms with Crippen LogP contribution in [0.3, 0.4) is 0 Å². The van der Waals surface area contributed by atoms with Crippen LogP contribution in [-0.4, -0.2) is 24.4 Å². The van der Waals surface area contributed by atoms with Crippen LogP contribution in [0.5, 0.6) is 11.5 Å². The molecule has 0 atom stereocenters. The summed E-state index contributed by atoms with van der Waals surface area (Å²) in [5.74, 6) is 1.08. The quantitative estimate of drug-likeness (QED) is 0.777. The van der Waals surface area contributed by atoms with Gasteiger partial charge in [-0.3, -0.25) is 4.79 Å². The molecule has 1 heterocycles. The van der Waals surface area contributed by atoms with Gasteiger partial charge in [-0.2, -0.15) is 0 Å². The molecular formula is C19H20ClNO3S. The lowest BCUT2D eigenvalue weighted by Gasteiger charge is -2.20. The van der Waals surface area contributed by atoms with Gasteiger partial charge in [-0.15, -0.1) is 11.8 Å². The van der Waals surface area contributed by atoms with Gasteiger partial charge in [0.05, 0.1) is 5.02 Å². The lowest BCUT2D eigenvalue weighted by atomic mass is 10.1. The van der Waals surface area contributed by atoms with Crippen molar-refractivity contribution < 1.29 is 14.3 Å². The van der Waals surface area contributed by atoms with E-state index in [0.29, 0.717) is 47.1 Å². The number of benzene rings is 2. The Kier molecular flexibility index (Phi) is 5.76. The Bertz CT molecular complexity index is 762. The highest BCUT2D eigenvalue weighted by atomic mass is 35.5. The SMILES string of the molecule is CC(C)Sc1ccc(C(=O)NCc2cc(Cl)c3c(c2)OCCO3)cc1. The maximum absolute atomic E-state index is 12.3. The molecule has 1 aliphatic rings. The van der Waals surface area contributed by atoms with Crippen LogP contribution in [0.4, 0.5) is 0 Å². The molecule has 2 aromatic rings. The van der Waals surface area contributed by atoms with E-state index in [1.54, 1.807) is 17.8 Å². The molecule has 3 rings (SSSR count). The molecular weight excluding hydrogens is 358 g/mol. The van der Waals surface area contributed by atoms with Gasteiger partial charge in [-0.05, 0) is 42.0 Å². The van der Waals surface area contributed by atoms with E-state index < -0.39 is 0 Å². The molecule has 4 nitrogen and oxygen atoms in total. The first-order valence-corrected chi connectivity index (χ1v) is 9.41. The number of ether oxygens (including phenoxy) is 2. The van der Waals surface area contributed by atoms with Crippen LogP contribution >= 0.6 is 23.4 Å². The number of hydrogen-bond donors (Lipinski definition) is 1. The Labute approximate surface area is 156 Å². The van der Waals surface area contributed by atoms with Gasteiger partial charge in [0.15, 0.2) is 11.5 Å². The number of carbonyl (C=O) groups is 1. The maximum Gasteiger partial charge on any atom is 0.251 e. The van der Waals surface area contributed by atoms with E-state index in [0.717, 1.165) is 10.5 Å². The summed E-state index contributed by atoms with van der Waals surface area (Å²) in [5.41, 5.74) is 1.51. The van der Waals surface area contributed by atoms with E-state index in [4.69, 9.17) is 21.1 Å². The molecule has 1 aliphatic heterocycles. The second kappa shape index (κ2) is 8.02. The minimum Gasteiger partial charge on any atom is -0.486 e. The summed E-state index contributed by atoms with van der Waals surface area (Å²) in [6.45, 7) is 5.65. The zero-order valence-corrected chi connectivity index (χ0v) is 15.7. The van der Waals surface area contributed by atoms with Crippen molar-refractivity contribution in [1.29, 1.82) is 0 Å². The fourth-order valence-corrected chi connectivity index (χ4v) is 3.63.